The highest BCUT2D eigenvalue weighted by molar-refractivity contribution is 9.10. The number of rotatable bonds is 7. The zero-order valence-electron chi connectivity index (χ0n) is 16.4. The van der Waals surface area contributed by atoms with E-state index in [1.807, 2.05) is 66.5 Å². The number of amides is 1. The van der Waals surface area contributed by atoms with E-state index in [1.165, 1.54) is 0 Å². The van der Waals surface area contributed by atoms with Crippen LogP contribution in [0, 0.1) is 5.92 Å². The van der Waals surface area contributed by atoms with Gasteiger partial charge in [0.2, 0.25) is 5.91 Å². The van der Waals surface area contributed by atoms with Crippen LogP contribution in [0.15, 0.2) is 59.1 Å². The van der Waals surface area contributed by atoms with E-state index in [4.69, 9.17) is 0 Å². The molecule has 0 aromatic heterocycles. The average Bonchev–Trinajstić information content (AvgIpc) is 2.71. The van der Waals surface area contributed by atoms with Crippen LogP contribution >= 0.6 is 15.9 Å². The fourth-order valence-corrected chi connectivity index (χ4v) is 4.04. The number of benzene rings is 2. The Morgan fingerprint density at radius 3 is 2.43 bits per heavy atom. The molecule has 1 amide bonds. The van der Waals surface area contributed by atoms with Gasteiger partial charge in [-0.1, -0.05) is 58.4 Å². The van der Waals surface area contributed by atoms with Crippen molar-refractivity contribution in [3.63, 3.8) is 0 Å². The zero-order chi connectivity index (χ0) is 19.9. The molecule has 2 aromatic rings. The van der Waals surface area contributed by atoms with Gasteiger partial charge in [0.15, 0.2) is 0 Å². The van der Waals surface area contributed by atoms with E-state index in [2.05, 4.69) is 20.8 Å². The Kier molecular flexibility index (Phi) is 7.65. The van der Waals surface area contributed by atoms with Crippen molar-refractivity contribution in [3.8, 4) is 0 Å². The predicted molar refractivity (Wildman–Crippen MR) is 116 cm³/mol. The molecule has 1 N–H and O–H groups in total. The minimum atomic E-state index is -0.437. The number of aliphatic hydroxyl groups is 1. The number of likely N-dealkylation sites (N-methyl/N-ethyl adjacent to an activating group) is 1. The van der Waals surface area contributed by atoms with Crippen molar-refractivity contribution < 1.29 is 9.90 Å². The van der Waals surface area contributed by atoms with Crippen LogP contribution in [0.5, 0.6) is 0 Å². The molecule has 1 atom stereocenters. The lowest BCUT2D eigenvalue weighted by atomic mass is 9.95. The fraction of sp³-hybridized carbons (Fsp3) is 0.435. The minimum absolute atomic E-state index is 0.171. The fourth-order valence-electron chi connectivity index (χ4n) is 3.78. The molecule has 1 saturated heterocycles. The summed E-state index contributed by atoms with van der Waals surface area (Å²) in [6, 6.07) is 17.8. The Labute approximate surface area is 176 Å². The molecule has 1 aliphatic rings. The van der Waals surface area contributed by atoms with Gasteiger partial charge in [-0.05, 0) is 55.1 Å². The molecule has 1 aliphatic heterocycles. The van der Waals surface area contributed by atoms with Gasteiger partial charge >= 0.3 is 0 Å². The first-order valence-corrected chi connectivity index (χ1v) is 10.7. The Balaban J connectivity index is 1.41. The van der Waals surface area contributed by atoms with Gasteiger partial charge in [-0.25, -0.2) is 0 Å². The molecule has 2 aromatic carbocycles. The van der Waals surface area contributed by atoms with E-state index in [1.54, 1.807) is 0 Å². The van der Waals surface area contributed by atoms with E-state index in [0.29, 0.717) is 18.9 Å². The van der Waals surface area contributed by atoms with Gasteiger partial charge in [-0.2, -0.15) is 0 Å². The number of aliphatic hydroxyl groups excluding tert-OH is 1. The molecule has 0 radical (unpaired) electrons. The summed E-state index contributed by atoms with van der Waals surface area (Å²) in [5.74, 6) is 0.702. The summed E-state index contributed by atoms with van der Waals surface area (Å²) in [5, 5.41) is 10.4. The van der Waals surface area contributed by atoms with Crippen molar-refractivity contribution in [1.82, 2.24) is 9.80 Å². The highest BCUT2D eigenvalue weighted by Crippen LogP contribution is 2.21. The third kappa shape index (κ3) is 6.16. The summed E-state index contributed by atoms with van der Waals surface area (Å²) in [6.45, 7) is 3.44. The molecule has 0 unspecified atom stereocenters. The normalized spacial score (nSPS) is 16.7. The Bertz CT molecular complexity index is 743. The summed E-state index contributed by atoms with van der Waals surface area (Å²) in [6.07, 6.45) is 2.15. The molecule has 5 heteroatoms. The molecule has 0 saturated carbocycles. The van der Waals surface area contributed by atoms with Crippen LogP contribution in [-0.2, 0) is 11.2 Å². The van der Waals surface area contributed by atoms with Crippen molar-refractivity contribution in [1.29, 1.82) is 0 Å². The third-order valence-electron chi connectivity index (χ3n) is 5.55. The molecule has 3 rings (SSSR count). The lowest BCUT2D eigenvalue weighted by Gasteiger charge is -2.35. The molecule has 1 fully saturated rings. The lowest BCUT2D eigenvalue weighted by molar-refractivity contribution is -0.129. The molecule has 1 heterocycles. The number of likely N-dealkylation sites (tertiary alicyclic amines) is 1. The van der Waals surface area contributed by atoms with Gasteiger partial charge in [0.25, 0.3) is 0 Å². The number of hydrogen-bond donors (Lipinski definition) is 1. The van der Waals surface area contributed by atoms with Crippen LogP contribution in [-0.4, -0.2) is 54.0 Å². The largest absolute Gasteiger partial charge is 0.387 e. The first-order valence-electron chi connectivity index (χ1n) is 9.95. The van der Waals surface area contributed by atoms with E-state index < -0.39 is 6.10 Å². The number of nitrogens with zero attached hydrogens (tertiary/aromatic N) is 2. The van der Waals surface area contributed by atoms with Crippen molar-refractivity contribution in [2.75, 3.05) is 33.2 Å². The zero-order valence-corrected chi connectivity index (χ0v) is 18.0. The summed E-state index contributed by atoms with van der Waals surface area (Å²) >= 11 is 3.42. The monoisotopic (exact) mass is 444 g/mol. The Morgan fingerprint density at radius 1 is 1.14 bits per heavy atom. The van der Waals surface area contributed by atoms with Crippen molar-refractivity contribution >= 4 is 21.8 Å². The second-order valence-electron chi connectivity index (χ2n) is 7.75. The minimum Gasteiger partial charge on any atom is -0.387 e. The SMILES string of the molecule is CN(CC1CCN(C[C@H](O)c2ccccc2)CC1)C(=O)Cc1ccc(Br)cc1. The van der Waals surface area contributed by atoms with Crippen LogP contribution < -0.4 is 0 Å². The molecule has 4 nitrogen and oxygen atoms in total. The second-order valence-corrected chi connectivity index (χ2v) is 8.66. The maximum Gasteiger partial charge on any atom is 0.226 e. The number of hydrogen-bond acceptors (Lipinski definition) is 3. The van der Waals surface area contributed by atoms with Gasteiger partial charge in [0, 0.05) is 24.6 Å². The van der Waals surface area contributed by atoms with Gasteiger partial charge in [0.1, 0.15) is 0 Å². The predicted octanol–water partition coefficient (Wildman–Crippen LogP) is 3.90. The van der Waals surface area contributed by atoms with Crippen molar-refractivity contribution in [3.05, 3.63) is 70.2 Å². The summed E-state index contributed by atoms with van der Waals surface area (Å²) < 4.78 is 1.03. The second kappa shape index (κ2) is 10.2. The quantitative estimate of drug-likeness (QED) is 0.703. The number of carbonyl (C=O) groups excluding carboxylic acids is 1. The molecule has 0 spiro atoms. The average molecular weight is 445 g/mol. The highest BCUT2D eigenvalue weighted by Gasteiger charge is 2.23. The molecular formula is C23H29BrN2O2. The van der Waals surface area contributed by atoms with E-state index >= 15 is 0 Å². The summed E-state index contributed by atoms with van der Waals surface area (Å²) in [5.41, 5.74) is 2.02. The molecular weight excluding hydrogens is 416 g/mol. The Morgan fingerprint density at radius 2 is 1.79 bits per heavy atom. The highest BCUT2D eigenvalue weighted by atomic mass is 79.9. The van der Waals surface area contributed by atoms with Crippen LogP contribution in [0.4, 0.5) is 0 Å². The first kappa shape index (κ1) is 21.0. The maximum atomic E-state index is 12.5. The van der Waals surface area contributed by atoms with E-state index in [9.17, 15) is 9.90 Å². The maximum absolute atomic E-state index is 12.5. The van der Waals surface area contributed by atoms with Crippen LogP contribution in [0.25, 0.3) is 0 Å². The summed E-state index contributed by atoms with van der Waals surface area (Å²) in [7, 11) is 1.91. The Hall–Kier alpha value is -1.69. The third-order valence-corrected chi connectivity index (χ3v) is 6.08. The topological polar surface area (TPSA) is 43.8 Å². The van der Waals surface area contributed by atoms with Gasteiger partial charge < -0.3 is 14.9 Å². The van der Waals surface area contributed by atoms with E-state index in [0.717, 1.165) is 48.1 Å². The lowest BCUT2D eigenvalue weighted by Crippen LogP contribution is -2.41. The van der Waals surface area contributed by atoms with Crippen LogP contribution in [0.2, 0.25) is 0 Å². The number of piperidine rings is 1. The van der Waals surface area contributed by atoms with Crippen LogP contribution in [0.1, 0.15) is 30.1 Å². The van der Waals surface area contributed by atoms with E-state index in [-0.39, 0.29) is 5.91 Å². The van der Waals surface area contributed by atoms with Crippen LogP contribution in [0.3, 0.4) is 0 Å². The van der Waals surface area contributed by atoms with Crippen molar-refractivity contribution in [2.24, 2.45) is 5.92 Å². The smallest absolute Gasteiger partial charge is 0.226 e. The van der Waals surface area contributed by atoms with Crippen molar-refractivity contribution in [2.45, 2.75) is 25.4 Å². The molecule has 150 valence electrons. The van der Waals surface area contributed by atoms with Gasteiger partial charge in [-0.3, -0.25) is 4.79 Å². The number of halogens is 1. The summed E-state index contributed by atoms with van der Waals surface area (Å²) in [4.78, 5) is 16.7. The standard InChI is InChI=1S/C23H29BrN2O2/c1-25(23(28)15-18-7-9-21(24)10-8-18)16-19-11-13-26(14-12-19)17-22(27)20-5-3-2-4-6-20/h2-10,19,22,27H,11-17H2,1H3/t22-/m0/s1. The molecule has 0 aliphatic carbocycles. The van der Waals surface area contributed by atoms with Gasteiger partial charge in [0.05, 0.1) is 12.5 Å². The molecule has 28 heavy (non-hydrogen) atoms. The number of β-amino-alcohol motifs (C(OH)–C–C–N with tert-alkyl or cyclic N) is 1. The first-order chi connectivity index (χ1) is 13.5. The van der Waals surface area contributed by atoms with Gasteiger partial charge in [-0.15, -0.1) is 0 Å². The number of carbonyl (C=O) groups is 1. The molecule has 0 bridgehead atoms.